The highest BCUT2D eigenvalue weighted by Gasteiger charge is 2.09. The van der Waals surface area contributed by atoms with Crippen molar-refractivity contribution in [2.75, 3.05) is 7.11 Å². The summed E-state index contributed by atoms with van der Waals surface area (Å²) >= 11 is 6.03. The molecule has 2 aromatic rings. The van der Waals surface area contributed by atoms with Gasteiger partial charge in [0.15, 0.2) is 5.82 Å². The van der Waals surface area contributed by atoms with Crippen LogP contribution in [0.4, 0.5) is 0 Å². The van der Waals surface area contributed by atoms with Gasteiger partial charge in [0.2, 0.25) is 5.88 Å². The first-order valence-electron chi connectivity index (χ1n) is 5.14. The molecule has 0 spiro atoms. The van der Waals surface area contributed by atoms with E-state index in [0.717, 1.165) is 11.3 Å². The monoisotopic (exact) mass is 249 g/mol. The maximum atomic E-state index is 6.03. The van der Waals surface area contributed by atoms with Crippen molar-refractivity contribution in [2.45, 2.75) is 13.8 Å². The Hall–Kier alpha value is -1.68. The fraction of sp³-hybridized carbons (Fsp3) is 0.250. The molecule has 2 rings (SSSR count). The Morgan fingerprint density at radius 3 is 2.53 bits per heavy atom. The van der Waals surface area contributed by atoms with Crippen molar-refractivity contribution in [3.05, 3.63) is 34.6 Å². The minimum atomic E-state index is 0.456. The average Bonchev–Trinajstić information content (AvgIpc) is 2.35. The van der Waals surface area contributed by atoms with Gasteiger partial charge in [-0.3, -0.25) is 0 Å². The molecule has 0 atom stereocenters. The van der Waals surface area contributed by atoms with E-state index in [0.29, 0.717) is 22.6 Å². The van der Waals surface area contributed by atoms with Crippen LogP contribution in [0.5, 0.6) is 5.88 Å². The Bertz CT molecular complexity index is 534. The summed E-state index contributed by atoms with van der Waals surface area (Å²) in [5, 5.41) is 0.456. The lowest BCUT2D eigenvalue weighted by Gasteiger charge is -2.06. The van der Waals surface area contributed by atoms with Crippen LogP contribution >= 0.6 is 11.6 Å². The maximum absolute atomic E-state index is 6.03. The van der Waals surface area contributed by atoms with Gasteiger partial charge < -0.3 is 4.74 Å². The zero-order valence-electron chi connectivity index (χ0n) is 9.86. The molecule has 4 nitrogen and oxygen atoms in total. The Morgan fingerprint density at radius 1 is 1.12 bits per heavy atom. The fourth-order valence-electron chi connectivity index (χ4n) is 1.36. The summed E-state index contributed by atoms with van der Waals surface area (Å²) in [4.78, 5) is 12.8. The number of hydrogen-bond acceptors (Lipinski definition) is 4. The van der Waals surface area contributed by atoms with Crippen LogP contribution in [0.3, 0.4) is 0 Å². The highest BCUT2D eigenvalue weighted by atomic mass is 35.5. The number of nitrogens with zero attached hydrogens (tertiary/aromatic N) is 3. The molecule has 0 saturated heterocycles. The molecule has 0 aliphatic heterocycles. The molecule has 0 radical (unpaired) electrons. The number of aryl methyl sites for hydroxylation is 1. The third-order valence-corrected chi connectivity index (χ3v) is 2.86. The summed E-state index contributed by atoms with van der Waals surface area (Å²) in [6.45, 7) is 3.78. The van der Waals surface area contributed by atoms with Crippen LogP contribution < -0.4 is 4.74 Å². The quantitative estimate of drug-likeness (QED) is 0.768. The molecule has 88 valence electrons. The van der Waals surface area contributed by atoms with Gasteiger partial charge in [-0.05, 0) is 19.9 Å². The standard InChI is InChI=1S/C12H12ClN3O/c1-7-8(2)14-12(16-11(7)13)9-5-4-6-10(15-9)17-3/h4-6H,1-3H3. The number of rotatable bonds is 2. The van der Waals surface area contributed by atoms with Crippen LogP contribution in [-0.2, 0) is 0 Å². The van der Waals surface area contributed by atoms with E-state index in [2.05, 4.69) is 15.0 Å². The number of aromatic nitrogens is 3. The summed E-state index contributed by atoms with van der Waals surface area (Å²) in [5.41, 5.74) is 2.39. The van der Waals surface area contributed by atoms with Crippen LogP contribution in [0, 0.1) is 13.8 Å². The van der Waals surface area contributed by atoms with Crippen LogP contribution in [0.1, 0.15) is 11.3 Å². The van der Waals surface area contributed by atoms with Gasteiger partial charge in [0.25, 0.3) is 0 Å². The van der Waals surface area contributed by atoms with Crippen molar-refractivity contribution >= 4 is 11.6 Å². The molecule has 0 amide bonds. The molecule has 17 heavy (non-hydrogen) atoms. The van der Waals surface area contributed by atoms with Gasteiger partial charge in [0.05, 0.1) is 7.11 Å². The van der Waals surface area contributed by atoms with Gasteiger partial charge in [-0.15, -0.1) is 0 Å². The predicted molar refractivity (Wildman–Crippen MR) is 66.3 cm³/mol. The molecule has 0 bridgehead atoms. The first kappa shape index (κ1) is 11.8. The number of ether oxygens (including phenoxy) is 1. The summed E-state index contributed by atoms with van der Waals surface area (Å²) in [7, 11) is 1.57. The highest BCUT2D eigenvalue weighted by molar-refractivity contribution is 6.30. The summed E-state index contributed by atoms with van der Waals surface area (Å²) < 4.78 is 5.06. The topological polar surface area (TPSA) is 47.9 Å². The Labute approximate surface area is 105 Å². The third kappa shape index (κ3) is 2.36. The third-order valence-electron chi connectivity index (χ3n) is 2.49. The summed E-state index contributed by atoms with van der Waals surface area (Å²) in [6, 6.07) is 5.43. The first-order chi connectivity index (χ1) is 8.11. The number of halogens is 1. The van der Waals surface area contributed by atoms with Crippen LogP contribution in [0.25, 0.3) is 11.5 Å². The lowest BCUT2D eigenvalue weighted by atomic mass is 10.2. The average molecular weight is 250 g/mol. The molecule has 2 heterocycles. The smallest absolute Gasteiger partial charge is 0.213 e. The van der Waals surface area contributed by atoms with Crippen molar-refractivity contribution in [1.29, 1.82) is 0 Å². The predicted octanol–water partition coefficient (Wildman–Crippen LogP) is 2.82. The second-order valence-electron chi connectivity index (χ2n) is 3.61. The molecule has 0 saturated carbocycles. The van der Waals surface area contributed by atoms with Crippen LogP contribution in [0.2, 0.25) is 5.15 Å². The summed E-state index contributed by atoms with van der Waals surface area (Å²) in [6.07, 6.45) is 0. The van der Waals surface area contributed by atoms with Gasteiger partial charge in [0, 0.05) is 17.3 Å². The Morgan fingerprint density at radius 2 is 1.88 bits per heavy atom. The molecular weight excluding hydrogens is 238 g/mol. The fourth-order valence-corrected chi connectivity index (χ4v) is 1.58. The summed E-state index contributed by atoms with van der Waals surface area (Å²) in [5.74, 6) is 1.04. The van der Waals surface area contributed by atoms with E-state index in [1.54, 1.807) is 13.2 Å². The van der Waals surface area contributed by atoms with E-state index in [9.17, 15) is 0 Å². The molecule has 2 aromatic heterocycles. The van der Waals surface area contributed by atoms with E-state index in [1.165, 1.54) is 0 Å². The molecule has 0 N–H and O–H groups in total. The van der Waals surface area contributed by atoms with Crippen molar-refractivity contribution in [1.82, 2.24) is 15.0 Å². The zero-order valence-corrected chi connectivity index (χ0v) is 10.6. The number of pyridine rings is 1. The van der Waals surface area contributed by atoms with Crippen molar-refractivity contribution in [3.8, 4) is 17.4 Å². The first-order valence-corrected chi connectivity index (χ1v) is 5.51. The van der Waals surface area contributed by atoms with Crippen molar-refractivity contribution in [2.24, 2.45) is 0 Å². The number of methoxy groups -OCH3 is 1. The molecule has 0 aromatic carbocycles. The lowest BCUT2D eigenvalue weighted by Crippen LogP contribution is -1.98. The SMILES string of the molecule is COc1cccc(-c2nc(C)c(C)c(Cl)n2)n1. The maximum Gasteiger partial charge on any atom is 0.213 e. The lowest BCUT2D eigenvalue weighted by molar-refractivity contribution is 0.398. The van der Waals surface area contributed by atoms with Crippen LogP contribution in [-0.4, -0.2) is 22.1 Å². The van der Waals surface area contributed by atoms with Gasteiger partial charge >= 0.3 is 0 Å². The van der Waals surface area contributed by atoms with Gasteiger partial charge in [0.1, 0.15) is 10.8 Å². The second-order valence-corrected chi connectivity index (χ2v) is 3.97. The van der Waals surface area contributed by atoms with E-state index >= 15 is 0 Å². The van der Waals surface area contributed by atoms with Gasteiger partial charge in [-0.1, -0.05) is 17.7 Å². The molecule has 0 aliphatic carbocycles. The highest BCUT2D eigenvalue weighted by Crippen LogP contribution is 2.21. The molecule has 0 unspecified atom stereocenters. The van der Waals surface area contributed by atoms with Gasteiger partial charge in [-0.25, -0.2) is 15.0 Å². The van der Waals surface area contributed by atoms with E-state index < -0.39 is 0 Å². The van der Waals surface area contributed by atoms with E-state index in [1.807, 2.05) is 26.0 Å². The van der Waals surface area contributed by atoms with E-state index in [-0.39, 0.29) is 0 Å². The normalized spacial score (nSPS) is 10.4. The number of hydrogen-bond donors (Lipinski definition) is 0. The molecular formula is C12H12ClN3O. The second kappa shape index (κ2) is 4.67. The minimum Gasteiger partial charge on any atom is -0.481 e. The van der Waals surface area contributed by atoms with Crippen molar-refractivity contribution < 1.29 is 4.74 Å². The zero-order chi connectivity index (χ0) is 12.4. The molecule has 5 heteroatoms. The van der Waals surface area contributed by atoms with Gasteiger partial charge in [-0.2, -0.15) is 0 Å². The van der Waals surface area contributed by atoms with Crippen LogP contribution in [0.15, 0.2) is 18.2 Å². The Balaban J connectivity index is 2.52. The van der Waals surface area contributed by atoms with E-state index in [4.69, 9.17) is 16.3 Å². The van der Waals surface area contributed by atoms with Crippen molar-refractivity contribution in [3.63, 3.8) is 0 Å². The molecule has 0 fully saturated rings. The molecule has 0 aliphatic rings. The minimum absolute atomic E-state index is 0.456. The Kier molecular flexibility index (Phi) is 3.24. The largest absolute Gasteiger partial charge is 0.481 e.